The van der Waals surface area contributed by atoms with Gasteiger partial charge in [-0.3, -0.25) is 14.9 Å². The second-order valence-electron chi connectivity index (χ2n) is 4.70. The number of aryl methyl sites for hydroxylation is 1. The van der Waals surface area contributed by atoms with Crippen molar-refractivity contribution in [1.82, 2.24) is 9.55 Å². The Morgan fingerprint density at radius 1 is 1.26 bits per heavy atom. The van der Waals surface area contributed by atoms with E-state index < -0.39 is 21.4 Å². The van der Waals surface area contributed by atoms with Crippen LogP contribution < -0.4 is 4.74 Å². The number of fused-ring (bicyclic) bond motifs is 1. The van der Waals surface area contributed by atoms with Gasteiger partial charge in [0.25, 0.3) is 5.69 Å². The number of rotatable bonds is 3. The maximum atomic E-state index is 12.3. The number of ether oxygens (including phenoxy) is 1. The molecule has 1 aliphatic rings. The second kappa shape index (κ2) is 5.02. The van der Waals surface area contributed by atoms with Crippen LogP contribution in [0, 0.1) is 20.2 Å². The Hall–Kier alpha value is -3.56. The summed E-state index contributed by atoms with van der Waals surface area (Å²) < 4.78 is 6.71. The topological polar surface area (TPSA) is 130 Å². The van der Waals surface area contributed by atoms with Crippen molar-refractivity contribution in [2.45, 2.75) is 0 Å². The summed E-state index contributed by atoms with van der Waals surface area (Å²) in [6.45, 7) is 0. The quantitative estimate of drug-likeness (QED) is 0.479. The summed E-state index contributed by atoms with van der Waals surface area (Å²) in [5.74, 6) is -0.999. The van der Waals surface area contributed by atoms with Gasteiger partial charge in [0.05, 0.1) is 10.5 Å². The van der Waals surface area contributed by atoms with Crippen LogP contribution in [0.5, 0.6) is 5.75 Å². The molecule has 1 aromatic carbocycles. The molecular formula is C13H8N4O6. The summed E-state index contributed by atoms with van der Waals surface area (Å²) in [5, 5.41) is 21.7. The Balaban J connectivity index is 2.04. The highest BCUT2D eigenvalue weighted by Crippen LogP contribution is 2.35. The number of carbonyl (C=O) groups is 1. The zero-order valence-corrected chi connectivity index (χ0v) is 11.6. The van der Waals surface area contributed by atoms with Crippen LogP contribution in [-0.2, 0) is 7.05 Å². The molecular weight excluding hydrogens is 308 g/mol. The highest BCUT2D eigenvalue weighted by atomic mass is 16.6. The zero-order chi connectivity index (χ0) is 16.7. The third-order valence-corrected chi connectivity index (χ3v) is 3.27. The van der Waals surface area contributed by atoms with Crippen LogP contribution in [-0.4, -0.2) is 25.2 Å². The highest BCUT2D eigenvalue weighted by molar-refractivity contribution is 6.14. The van der Waals surface area contributed by atoms with Gasteiger partial charge < -0.3 is 19.4 Å². The van der Waals surface area contributed by atoms with E-state index in [2.05, 4.69) is 4.98 Å². The van der Waals surface area contributed by atoms with E-state index in [-0.39, 0.29) is 28.5 Å². The van der Waals surface area contributed by atoms with Crippen molar-refractivity contribution in [3.05, 3.63) is 61.8 Å². The molecule has 0 bridgehead atoms. The maximum absolute atomic E-state index is 12.3. The number of nitrogens with zero attached hydrogens (tertiary/aromatic N) is 4. The number of nitro benzene ring substituents is 1. The van der Waals surface area contributed by atoms with Crippen molar-refractivity contribution in [1.29, 1.82) is 0 Å². The number of non-ortho nitro benzene ring substituents is 1. The van der Waals surface area contributed by atoms with Crippen molar-refractivity contribution in [2.75, 3.05) is 0 Å². The number of allylic oxidation sites excluding steroid dienone is 1. The van der Waals surface area contributed by atoms with Gasteiger partial charge in [0.2, 0.25) is 12.1 Å². The molecule has 10 nitrogen and oxygen atoms in total. The van der Waals surface area contributed by atoms with Gasteiger partial charge >= 0.3 is 5.82 Å². The third-order valence-electron chi connectivity index (χ3n) is 3.27. The number of benzene rings is 1. The average Bonchev–Trinajstić information content (AvgIpc) is 3.01. The van der Waals surface area contributed by atoms with Gasteiger partial charge in [0.1, 0.15) is 11.4 Å². The minimum atomic E-state index is -0.677. The fourth-order valence-electron chi connectivity index (χ4n) is 2.15. The first-order chi connectivity index (χ1) is 10.9. The lowest BCUT2D eigenvalue weighted by molar-refractivity contribution is -0.389. The van der Waals surface area contributed by atoms with Crippen molar-refractivity contribution in [3.8, 4) is 5.75 Å². The molecule has 23 heavy (non-hydrogen) atoms. The molecule has 116 valence electrons. The molecule has 0 N–H and O–H groups in total. The molecule has 1 aliphatic heterocycles. The fraction of sp³-hybridized carbons (Fsp3) is 0.0769. The van der Waals surface area contributed by atoms with E-state index in [1.807, 2.05) is 0 Å². The number of imidazole rings is 1. The standard InChI is InChI=1S/C13H8N4O6/c1-15-6-14-13(17(21)22)9(15)5-11-12(18)8-4-7(16(19)20)2-3-10(8)23-11/h2-6H,1H3/b11-5-. The molecule has 2 heterocycles. The van der Waals surface area contributed by atoms with Crippen LogP contribution in [0.1, 0.15) is 16.1 Å². The maximum Gasteiger partial charge on any atom is 0.389 e. The molecule has 0 atom stereocenters. The van der Waals surface area contributed by atoms with Gasteiger partial charge in [-0.1, -0.05) is 0 Å². The highest BCUT2D eigenvalue weighted by Gasteiger charge is 2.31. The third kappa shape index (κ3) is 2.31. The first-order valence-corrected chi connectivity index (χ1v) is 6.27. The van der Waals surface area contributed by atoms with E-state index in [9.17, 15) is 25.0 Å². The summed E-state index contributed by atoms with van der Waals surface area (Å²) in [6, 6.07) is 3.63. The van der Waals surface area contributed by atoms with E-state index in [4.69, 9.17) is 4.74 Å². The average molecular weight is 316 g/mol. The predicted octanol–water partition coefficient (Wildman–Crippen LogP) is 1.85. The predicted molar refractivity (Wildman–Crippen MR) is 75.9 cm³/mol. The lowest BCUT2D eigenvalue weighted by Gasteiger charge is -1.99. The van der Waals surface area contributed by atoms with Crippen LogP contribution in [0.25, 0.3) is 6.08 Å². The Morgan fingerprint density at radius 2 is 2.00 bits per heavy atom. The number of carbonyl (C=O) groups excluding carboxylic acids is 1. The molecule has 0 fully saturated rings. The van der Waals surface area contributed by atoms with Crippen LogP contribution in [0.2, 0.25) is 0 Å². The van der Waals surface area contributed by atoms with Crippen molar-refractivity contribution in [3.63, 3.8) is 0 Å². The van der Waals surface area contributed by atoms with Crippen LogP contribution in [0.15, 0.2) is 30.3 Å². The molecule has 0 unspecified atom stereocenters. The molecule has 1 aromatic heterocycles. The van der Waals surface area contributed by atoms with Gasteiger partial charge in [0.15, 0.2) is 5.76 Å². The lowest BCUT2D eigenvalue weighted by atomic mass is 10.1. The molecule has 0 saturated carbocycles. The van der Waals surface area contributed by atoms with Crippen LogP contribution in [0.4, 0.5) is 11.5 Å². The number of aromatic nitrogens is 2. The lowest BCUT2D eigenvalue weighted by Crippen LogP contribution is -2.01. The number of ketones is 1. The molecule has 0 spiro atoms. The number of hydrogen-bond acceptors (Lipinski definition) is 7. The number of hydrogen-bond donors (Lipinski definition) is 0. The normalized spacial score (nSPS) is 14.7. The smallest absolute Gasteiger partial charge is 0.389 e. The first kappa shape index (κ1) is 14.4. The van der Waals surface area contributed by atoms with Gasteiger partial charge in [0, 0.05) is 25.3 Å². The molecule has 0 aliphatic carbocycles. The van der Waals surface area contributed by atoms with E-state index in [0.717, 1.165) is 6.07 Å². The Kier molecular flexibility index (Phi) is 3.14. The van der Waals surface area contributed by atoms with E-state index >= 15 is 0 Å². The van der Waals surface area contributed by atoms with Crippen molar-refractivity contribution in [2.24, 2.45) is 7.05 Å². The van der Waals surface area contributed by atoms with Gasteiger partial charge in [-0.25, -0.2) is 0 Å². The summed E-state index contributed by atoms with van der Waals surface area (Å²) in [7, 11) is 1.53. The summed E-state index contributed by atoms with van der Waals surface area (Å²) in [5.41, 5.74) is -0.121. The van der Waals surface area contributed by atoms with Gasteiger partial charge in [-0.15, -0.1) is 0 Å². The van der Waals surface area contributed by atoms with E-state index in [0.29, 0.717) is 0 Å². The molecule has 0 radical (unpaired) electrons. The minimum absolute atomic E-state index is 0.0373. The molecule has 2 aromatic rings. The Bertz CT molecular complexity index is 898. The van der Waals surface area contributed by atoms with Crippen LogP contribution in [0.3, 0.4) is 0 Å². The Morgan fingerprint density at radius 3 is 2.65 bits per heavy atom. The fourth-order valence-corrected chi connectivity index (χ4v) is 2.15. The molecule has 0 amide bonds. The van der Waals surface area contributed by atoms with Crippen molar-refractivity contribution < 1.29 is 19.4 Å². The van der Waals surface area contributed by atoms with Gasteiger partial charge in [-0.05, 0) is 16.0 Å². The SMILES string of the molecule is Cn1cnc([N+](=O)[O-])c1/C=C1\Oc2ccc([N+](=O)[O-])cc2C1=O. The molecule has 0 saturated heterocycles. The van der Waals surface area contributed by atoms with E-state index in [1.165, 1.54) is 36.2 Å². The van der Waals surface area contributed by atoms with Crippen molar-refractivity contribution >= 4 is 23.4 Å². The number of nitro groups is 2. The minimum Gasteiger partial charge on any atom is -0.452 e. The monoisotopic (exact) mass is 316 g/mol. The number of Topliss-reactive ketones (excluding diaryl/α,β-unsaturated/α-hetero) is 1. The Labute approximate surface area is 127 Å². The van der Waals surface area contributed by atoms with E-state index in [1.54, 1.807) is 0 Å². The first-order valence-electron chi connectivity index (χ1n) is 6.27. The van der Waals surface area contributed by atoms with Crippen LogP contribution >= 0.6 is 0 Å². The summed E-state index contributed by atoms with van der Waals surface area (Å²) in [6.07, 6.45) is 2.43. The zero-order valence-electron chi connectivity index (χ0n) is 11.6. The summed E-state index contributed by atoms with van der Waals surface area (Å²) in [4.78, 5) is 36.3. The van der Waals surface area contributed by atoms with Gasteiger partial charge in [-0.2, -0.15) is 0 Å². The largest absolute Gasteiger partial charge is 0.452 e. The summed E-state index contributed by atoms with van der Waals surface area (Å²) >= 11 is 0. The molecule has 10 heteroatoms. The molecule has 3 rings (SSSR count). The second-order valence-corrected chi connectivity index (χ2v) is 4.70.